The Morgan fingerprint density at radius 3 is 0.479 bits per heavy atom. The number of rotatable bonds is 10. The zero-order valence-corrected chi connectivity index (χ0v) is 81.5. The predicted octanol–water partition coefficient (Wildman–Crippen LogP) is 37.2. The summed E-state index contributed by atoms with van der Waals surface area (Å²) in [5.41, 5.74) is 39.9. The van der Waals surface area contributed by atoms with Crippen molar-refractivity contribution in [2.24, 2.45) is 0 Å². The van der Waals surface area contributed by atoms with Crippen LogP contribution < -0.4 is 0 Å². The molecule has 0 aliphatic rings. The van der Waals surface area contributed by atoms with Crippen LogP contribution in [0, 0.1) is 41.5 Å². The monoisotopic (exact) mass is 1850 g/mol. The molecule has 0 bridgehead atoms. The van der Waals surface area contributed by atoms with Crippen LogP contribution in [0.2, 0.25) is 0 Å². The minimum Gasteiger partial charge on any atom is -0.309 e. The summed E-state index contributed by atoms with van der Waals surface area (Å²) in [6.07, 6.45) is 0. The van der Waals surface area contributed by atoms with Gasteiger partial charge in [-0.3, -0.25) is 0 Å². The highest BCUT2D eigenvalue weighted by atomic mass is 15.0. The van der Waals surface area contributed by atoms with Crippen LogP contribution >= 0.6 is 0 Å². The number of hydrogen-bond donors (Lipinski definition) is 0. The Bertz CT molecular complexity index is 9250. The summed E-state index contributed by atoms with van der Waals surface area (Å²) in [6, 6.07) is 191. The Balaban J connectivity index is 0.0000000960. The van der Waals surface area contributed by atoms with Crippen LogP contribution in [0.15, 0.2) is 534 Å². The standard InChI is InChI=1S/4C25H19N.2C19H15N/c1-18-8-6-9-19(16-18)20-10-7-11-21(17-20)26-24-14-4-2-12-22(24)23-13-3-5-15-25(23)26;1-18-13-15-19(16-14-18)20-7-6-8-21(17-20)26-24-11-4-2-9-22(24)23-10-3-5-12-25(23)26;1-18-7-6-8-20(17-18)19-13-15-21(16-14-19)26-24-11-4-2-9-22(24)23-10-3-5-12-25(23)26;1-18-10-12-19(13-11-18)20-14-16-21(17-15-20)26-24-8-4-2-6-22(24)23-7-3-5-9-25(23)26;1-14-7-6-8-15(13-14)20-18-11-4-2-9-16(18)17-10-3-5-12-19(17)20;1-14-10-12-15(13-11-14)20-18-8-4-2-6-16(18)17-7-3-5-9-19(17)20/h4*2-17H,1H3;2*2-13H,1H3. The van der Waals surface area contributed by atoms with Crippen LogP contribution in [0.5, 0.6) is 0 Å². The van der Waals surface area contributed by atoms with Crippen molar-refractivity contribution in [2.45, 2.75) is 41.5 Å². The van der Waals surface area contributed by atoms with Crippen LogP contribution in [0.3, 0.4) is 0 Å². The highest BCUT2D eigenvalue weighted by Gasteiger charge is 2.20. The van der Waals surface area contributed by atoms with Gasteiger partial charge in [-0.05, 0) is 237 Å². The molecular formula is C138H106N6. The first kappa shape index (κ1) is 89.5. The van der Waals surface area contributed by atoms with Gasteiger partial charge in [0.15, 0.2) is 0 Å². The molecule has 0 radical (unpaired) electrons. The van der Waals surface area contributed by atoms with Gasteiger partial charge in [0.05, 0.1) is 66.2 Å². The van der Waals surface area contributed by atoms with Gasteiger partial charge in [-0.2, -0.15) is 0 Å². The zero-order valence-electron chi connectivity index (χ0n) is 81.5. The third-order valence-corrected chi connectivity index (χ3v) is 28.0. The van der Waals surface area contributed by atoms with Crippen molar-refractivity contribution in [3.05, 3.63) is 567 Å². The third kappa shape index (κ3) is 17.5. The molecular weight excluding hydrogens is 1740 g/mol. The molecule has 0 aliphatic heterocycles. The molecule has 0 amide bonds. The van der Waals surface area contributed by atoms with Gasteiger partial charge in [-0.1, -0.05) is 416 Å². The summed E-state index contributed by atoms with van der Waals surface area (Å²) in [5, 5.41) is 15.6. The molecule has 28 rings (SSSR count). The Kier molecular flexibility index (Phi) is 24.6. The molecule has 6 nitrogen and oxygen atoms in total. The van der Waals surface area contributed by atoms with Crippen molar-refractivity contribution in [3.63, 3.8) is 0 Å². The van der Waals surface area contributed by atoms with E-state index >= 15 is 0 Å². The molecule has 0 spiro atoms. The van der Waals surface area contributed by atoms with Crippen molar-refractivity contribution < 1.29 is 0 Å². The highest BCUT2D eigenvalue weighted by Crippen LogP contribution is 2.41. The van der Waals surface area contributed by atoms with Gasteiger partial charge < -0.3 is 27.4 Å². The smallest absolute Gasteiger partial charge is 0.0541 e. The number of fused-ring (bicyclic) bond motifs is 18. The summed E-state index contributed by atoms with van der Waals surface area (Å²) in [7, 11) is 0. The lowest BCUT2D eigenvalue weighted by atomic mass is 10.0. The first-order valence-corrected chi connectivity index (χ1v) is 49.7. The highest BCUT2D eigenvalue weighted by molar-refractivity contribution is 6.14. The van der Waals surface area contributed by atoms with Crippen LogP contribution in [0.4, 0.5) is 0 Å². The molecule has 6 heterocycles. The van der Waals surface area contributed by atoms with Gasteiger partial charge in [0.1, 0.15) is 0 Å². The number of para-hydroxylation sites is 12. The summed E-state index contributed by atoms with van der Waals surface area (Å²) in [5.74, 6) is 0. The van der Waals surface area contributed by atoms with Crippen molar-refractivity contribution >= 4 is 131 Å². The molecule has 0 unspecified atom stereocenters. The molecule has 0 aliphatic carbocycles. The van der Waals surface area contributed by atoms with Crippen molar-refractivity contribution in [1.29, 1.82) is 0 Å². The molecule has 688 valence electrons. The summed E-state index contributed by atoms with van der Waals surface area (Å²) in [6.45, 7) is 12.8. The normalized spacial score (nSPS) is 11.3. The van der Waals surface area contributed by atoms with Gasteiger partial charge in [0.25, 0.3) is 0 Å². The molecule has 144 heavy (non-hydrogen) atoms. The van der Waals surface area contributed by atoms with E-state index in [9.17, 15) is 0 Å². The lowest BCUT2D eigenvalue weighted by Crippen LogP contribution is -1.94. The van der Waals surface area contributed by atoms with E-state index in [2.05, 4.69) is 603 Å². The minimum absolute atomic E-state index is 1.19. The maximum Gasteiger partial charge on any atom is 0.0541 e. The Labute approximate surface area is 839 Å². The van der Waals surface area contributed by atoms with Gasteiger partial charge in [0.2, 0.25) is 0 Å². The molecule has 0 atom stereocenters. The fourth-order valence-corrected chi connectivity index (χ4v) is 21.1. The molecule has 22 aromatic carbocycles. The molecule has 0 N–H and O–H groups in total. The summed E-state index contributed by atoms with van der Waals surface area (Å²) in [4.78, 5) is 0. The molecule has 0 saturated carbocycles. The Morgan fingerprint density at radius 2 is 0.250 bits per heavy atom. The van der Waals surface area contributed by atoms with Crippen LogP contribution in [-0.4, -0.2) is 27.4 Å². The largest absolute Gasteiger partial charge is 0.309 e. The predicted molar refractivity (Wildman–Crippen MR) is 615 cm³/mol. The molecule has 0 saturated heterocycles. The summed E-state index contributed by atoms with van der Waals surface area (Å²) >= 11 is 0. The Morgan fingerprint density at radius 1 is 0.0972 bits per heavy atom. The number of aromatic nitrogens is 6. The average Bonchev–Trinajstić information content (AvgIpc) is 1.62. The van der Waals surface area contributed by atoms with E-state index in [0.29, 0.717) is 0 Å². The maximum atomic E-state index is 2.37. The van der Waals surface area contributed by atoms with Gasteiger partial charge in [-0.15, -0.1) is 0 Å². The van der Waals surface area contributed by atoms with Crippen LogP contribution in [0.1, 0.15) is 33.4 Å². The number of hydrogen-bond acceptors (Lipinski definition) is 0. The van der Waals surface area contributed by atoms with Gasteiger partial charge >= 0.3 is 0 Å². The zero-order chi connectivity index (χ0) is 97.1. The SMILES string of the molecule is Cc1ccc(-c2ccc(-n3c4ccccc4c4ccccc43)cc2)cc1.Cc1ccc(-c2cccc(-n3c4ccccc4c4ccccc43)c2)cc1.Cc1ccc(-n2c3ccccc3c3ccccc32)cc1.Cc1cccc(-c2ccc(-n3c4ccccc4c4ccccc43)cc2)c1.Cc1cccc(-c2cccc(-n3c4ccccc4c4ccccc43)c2)c1.Cc1cccc(-n2c3ccccc3c3ccccc32)c1. The topological polar surface area (TPSA) is 29.6 Å². The van der Waals surface area contributed by atoms with Crippen molar-refractivity contribution in [2.75, 3.05) is 0 Å². The third-order valence-electron chi connectivity index (χ3n) is 28.0. The summed E-state index contributed by atoms with van der Waals surface area (Å²) < 4.78 is 14.1. The minimum atomic E-state index is 1.19. The quantitative estimate of drug-likeness (QED) is 0.131. The number of benzene rings is 22. The van der Waals surface area contributed by atoms with E-state index in [1.807, 2.05) is 0 Å². The second kappa shape index (κ2) is 39.5. The van der Waals surface area contributed by atoms with E-state index in [0.717, 1.165) is 0 Å². The van der Waals surface area contributed by atoms with E-state index in [4.69, 9.17) is 0 Å². The number of aryl methyl sites for hydroxylation is 6. The molecule has 6 heteroatoms. The average molecular weight is 1850 g/mol. The second-order valence-corrected chi connectivity index (χ2v) is 37.6. The second-order valence-electron chi connectivity index (χ2n) is 37.6. The molecule has 28 aromatic rings. The fourth-order valence-electron chi connectivity index (χ4n) is 21.1. The molecule has 0 fully saturated rings. The fraction of sp³-hybridized carbons (Fsp3) is 0.0435. The maximum absolute atomic E-state index is 2.37. The lowest BCUT2D eigenvalue weighted by Gasteiger charge is -2.10. The number of nitrogens with zero attached hydrogens (tertiary/aromatic N) is 6. The van der Waals surface area contributed by atoms with Crippen LogP contribution in [0.25, 0.3) is 209 Å². The van der Waals surface area contributed by atoms with E-state index in [1.54, 1.807) is 0 Å². The van der Waals surface area contributed by atoms with Crippen molar-refractivity contribution in [3.8, 4) is 78.6 Å². The first-order chi connectivity index (χ1) is 70.9. The first-order valence-electron chi connectivity index (χ1n) is 49.7. The van der Waals surface area contributed by atoms with Gasteiger partial charge in [-0.25, -0.2) is 0 Å². The van der Waals surface area contributed by atoms with E-state index in [1.165, 1.54) is 243 Å². The van der Waals surface area contributed by atoms with Crippen LogP contribution in [-0.2, 0) is 0 Å². The van der Waals surface area contributed by atoms with E-state index in [-0.39, 0.29) is 0 Å². The lowest BCUT2D eigenvalue weighted by molar-refractivity contribution is 1.17. The van der Waals surface area contributed by atoms with Gasteiger partial charge in [0, 0.05) is 98.8 Å². The van der Waals surface area contributed by atoms with Crippen molar-refractivity contribution in [1.82, 2.24) is 27.4 Å². The molecule has 6 aromatic heterocycles. The van der Waals surface area contributed by atoms with E-state index < -0.39 is 0 Å². The Hall–Kier alpha value is -18.4.